The van der Waals surface area contributed by atoms with Crippen molar-refractivity contribution in [3.63, 3.8) is 0 Å². The lowest BCUT2D eigenvalue weighted by Gasteiger charge is -1.98. The predicted octanol–water partition coefficient (Wildman–Crippen LogP) is 0.550. The fourth-order valence-corrected chi connectivity index (χ4v) is 1.82. The first-order valence-electron chi connectivity index (χ1n) is 4.93. The van der Waals surface area contributed by atoms with E-state index in [9.17, 15) is 4.79 Å². The largest absolute Gasteiger partial charge is 0.339 e. The number of rotatable bonds is 1. The topological polar surface area (TPSA) is 69.8 Å². The lowest BCUT2D eigenvalue weighted by molar-refractivity contribution is -0.115. The maximum atomic E-state index is 11.5. The molecule has 0 bridgehead atoms. The zero-order chi connectivity index (χ0) is 12.6. The summed E-state index contributed by atoms with van der Waals surface area (Å²) in [4.78, 5) is 11.5. The van der Waals surface area contributed by atoms with Gasteiger partial charge in [0, 0.05) is 12.7 Å². The second kappa shape index (κ2) is 4.03. The molecule has 1 aromatic heterocycles. The van der Waals surface area contributed by atoms with Crippen LogP contribution in [0.1, 0.15) is 17.0 Å². The molecule has 5 nitrogen and oxygen atoms in total. The van der Waals surface area contributed by atoms with Gasteiger partial charge in [-0.2, -0.15) is 5.26 Å². The van der Waals surface area contributed by atoms with E-state index in [1.54, 1.807) is 16.7 Å². The van der Waals surface area contributed by atoms with Crippen LogP contribution in [0, 0.1) is 18.3 Å². The Morgan fingerprint density at radius 3 is 2.71 bits per heavy atom. The molecule has 0 spiro atoms. The SMILES string of the molecule is Cc1c(/C=C2/NC(=S)NC2=O)cc(C#N)n1C. The van der Waals surface area contributed by atoms with Gasteiger partial charge < -0.3 is 9.88 Å². The van der Waals surface area contributed by atoms with E-state index in [2.05, 4.69) is 16.7 Å². The number of nitrogens with zero attached hydrogens (tertiary/aromatic N) is 2. The number of aromatic nitrogens is 1. The van der Waals surface area contributed by atoms with Crippen molar-refractivity contribution in [2.75, 3.05) is 0 Å². The zero-order valence-corrected chi connectivity index (χ0v) is 10.2. The van der Waals surface area contributed by atoms with Crippen molar-refractivity contribution in [3.8, 4) is 6.07 Å². The minimum absolute atomic E-state index is 0.253. The van der Waals surface area contributed by atoms with Gasteiger partial charge in [-0.25, -0.2) is 0 Å². The second-order valence-electron chi connectivity index (χ2n) is 3.71. The highest BCUT2D eigenvalue weighted by molar-refractivity contribution is 7.80. The Morgan fingerprint density at radius 2 is 2.24 bits per heavy atom. The van der Waals surface area contributed by atoms with Gasteiger partial charge in [-0.1, -0.05) is 0 Å². The summed E-state index contributed by atoms with van der Waals surface area (Å²) in [7, 11) is 1.81. The van der Waals surface area contributed by atoms with E-state index in [1.165, 1.54) is 0 Å². The van der Waals surface area contributed by atoms with Crippen LogP contribution in [0.3, 0.4) is 0 Å². The van der Waals surface area contributed by atoms with Crippen LogP contribution in [0.2, 0.25) is 0 Å². The Kier molecular flexibility index (Phi) is 2.69. The molecule has 0 aliphatic carbocycles. The third kappa shape index (κ3) is 1.92. The number of amides is 1. The quantitative estimate of drug-likeness (QED) is 0.561. The van der Waals surface area contributed by atoms with Crippen molar-refractivity contribution >= 4 is 29.3 Å². The Morgan fingerprint density at radius 1 is 1.53 bits per heavy atom. The molecule has 0 radical (unpaired) electrons. The van der Waals surface area contributed by atoms with Crippen molar-refractivity contribution in [1.29, 1.82) is 5.26 Å². The second-order valence-corrected chi connectivity index (χ2v) is 4.12. The third-order valence-electron chi connectivity index (χ3n) is 2.71. The normalized spacial score (nSPS) is 16.9. The fourth-order valence-electron chi connectivity index (χ4n) is 1.61. The average Bonchev–Trinajstić information content (AvgIpc) is 2.73. The Bertz CT molecular complexity index is 591. The average molecular weight is 246 g/mol. The number of hydrogen-bond donors (Lipinski definition) is 2. The highest BCUT2D eigenvalue weighted by Gasteiger charge is 2.20. The molecule has 1 fully saturated rings. The summed E-state index contributed by atoms with van der Waals surface area (Å²) in [5, 5.41) is 14.5. The molecule has 1 saturated heterocycles. The molecule has 0 atom stereocenters. The zero-order valence-electron chi connectivity index (χ0n) is 9.37. The van der Waals surface area contributed by atoms with E-state index >= 15 is 0 Å². The monoisotopic (exact) mass is 246 g/mol. The standard InChI is InChI=1S/C11H10N4OS/c1-6-7(3-8(5-12)15(6)2)4-9-10(16)14-11(17)13-9/h3-4H,1-2H3,(H2,13,14,16,17)/b9-4+. The van der Waals surface area contributed by atoms with E-state index in [0.717, 1.165) is 11.3 Å². The summed E-state index contributed by atoms with van der Waals surface area (Å²) in [6.07, 6.45) is 1.69. The van der Waals surface area contributed by atoms with Crippen molar-refractivity contribution in [2.24, 2.45) is 7.05 Å². The maximum absolute atomic E-state index is 11.5. The summed E-state index contributed by atoms with van der Waals surface area (Å²) in [6, 6.07) is 3.82. The molecule has 1 aromatic rings. The molecule has 1 aliphatic heterocycles. The van der Waals surface area contributed by atoms with Crippen LogP contribution in [0.15, 0.2) is 11.8 Å². The molecule has 0 aromatic carbocycles. The molecule has 0 saturated carbocycles. The van der Waals surface area contributed by atoms with E-state index in [-0.39, 0.29) is 5.91 Å². The Balaban J connectivity index is 2.44. The molecule has 2 heterocycles. The third-order valence-corrected chi connectivity index (χ3v) is 2.91. The maximum Gasteiger partial charge on any atom is 0.273 e. The van der Waals surface area contributed by atoms with Crippen molar-refractivity contribution in [1.82, 2.24) is 15.2 Å². The van der Waals surface area contributed by atoms with Crippen LogP contribution in [-0.4, -0.2) is 15.6 Å². The van der Waals surface area contributed by atoms with E-state index in [1.807, 2.05) is 14.0 Å². The number of nitriles is 1. The molecule has 2 rings (SSSR count). The van der Waals surface area contributed by atoms with Gasteiger partial charge in [-0.05, 0) is 36.8 Å². The molecule has 86 valence electrons. The van der Waals surface area contributed by atoms with Gasteiger partial charge >= 0.3 is 0 Å². The smallest absolute Gasteiger partial charge is 0.273 e. The number of carbonyl (C=O) groups is 1. The lowest BCUT2D eigenvalue weighted by atomic mass is 10.2. The van der Waals surface area contributed by atoms with Crippen LogP contribution >= 0.6 is 12.2 Å². The first-order valence-corrected chi connectivity index (χ1v) is 5.34. The molecule has 1 aliphatic rings. The molecule has 2 N–H and O–H groups in total. The summed E-state index contributed by atoms with van der Waals surface area (Å²) in [6.45, 7) is 1.89. The Labute approximate surface area is 104 Å². The van der Waals surface area contributed by atoms with Crippen LogP contribution < -0.4 is 10.6 Å². The van der Waals surface area contributed by atoms with Gasteiger partial charge in [0.15, 0.2) is 5.11 Å². The first kappa shape index (κ1) is 11.4. The molecular weight excluding hydrogens is 236 g/mol. The molecule has 1 amide bonds. The predicted molar refractivity (Wildman–Crippen MR) is 66.7 cm³/mol. The van der Waals surface area contributed by atoms with Gasteiger partial charge in [0.25, 0.3) is 5.91 Å². The summed E-state index contributed by atoms with van der Waals surface area (Å²) < 4.78 is 1.78. The summed E-state index contributed by atoms with van der Waals surface area (Å²) >= 11 is 4.83. The summed E-state index contributed by atoms with van der Waals surface area (Å²) in [5.41, 5.74) is 2.69. The molecule has 17 heavy (non-hydrogen) atoms. The highest BCUT2D eigenvalue weighted by atomic mass is 32.1. The van der Waals surface area contributed by atoms with Crippen LogP contribution in [0.5, 0.6) is 0 Å². The number of carbonyl (C=O) groups excluding carboxylic acids is 1. The van der Waals surface area contributed by atoms with E-state index in [4.69, 9.17) is 17.5 Å². The van der Waals surface area contributed by atoms with Gasteiger partial charge in [0.05, 0.1) is 0 Å². The van der Waals surface area contributed by atoms with Gasteiger partial charge in [-0.15, -0.1) is 0 Å². The molecule has 0 unspecified atom stereocenters. The van der Waals surface area contributed by atoms with Gasteiger partial charge in [0.1, 0.15) is 17.5 Å². The van der Waals surface area contributed by atoms with Crippen molar-refractivity contribution in [2.45, 2.75) is 6.92 Å². The minimum Gasteiger partial charge on any atom is -0.339 e. The van der Waals surface area contributed by atoms with E-state index in [0.29, 0.717) is 16.5 Å². The lowest BCUT2D eigenvalue weighted by Crippen LogP contribution is -2.21. The van der Waals surface area contributed by atoms with Crippen LogP contribution in [0.25, 0.3) is 6.08 Å². The molecular formula is C11H10N4OS. The molecule has 6 heteroatoms. The van der Waals surface area contributed by atoms with Gasteiger partial charge in [-0.3, -0.25) is 10.1 Å². The van der Waals surface area contributed by atoms with Gasteiger partial charge in [0.2, 0.25) is 0 Å². The van der Waals surface area contributed by atoms with Crippen molar-refractivity contribution in [3.05, 3.63) is 28.7 Å². The Hall–Kier alpha value is -2.13. The number of thiocarbonyl (C=S) groups is 1. The summed E-state index contributed by atoms with van der Waals surface area (Å²) in [5.74, 6) is -0.253. The minimum atomic E-state index is -0.253. The van der Waals surface area contributed by atoms with Crippen LogP contribution in [-0.2, 0) is 11.8 Å². The number of nitrogens with one attached hydrogen (secondary N) is 2. The van der Waals surface area contributed by atoms with Crippen molar-refractivity contribution < 1.29 is 4.79 Å². The highest BCUT2D eigenvalue weighted by Crippen LogP contribution is 2.17. The number of hydrogen-bond acceptors (Lipinski definition) is 3. The van der Waals surface area contributed by atoms with E-state index < -0.39 is 0 Å². The fraction of sp³-hybridized carbons (Fsp3) is 0.182. The first-order chi connectivity index (χ1) is 8.02. The van der Waals surface area contributed by atoms with Crippen LogP contribution in [0.4, 0.5) is 0 Å².